The molecule has 2 aliphatic rings. The van der Waals surface area contributed by atoms with Crippen LogP contribution in [0.15, 0.2) is 0 Å². The maximum absolute atomic E-state index is 12.8. The van der Waals surface area contributed by atoms with E-state index in [0.717, 1.165) is 0 Å². The van der Waals surface area contributed by atoms with Gasteiger partial charge in [-0.15, -0.1) is 0 Å². The standard InChI is InChI=1S/C10H16F2O/c1-9(2,3)13-6-4-7-8(5-6)10(7,11)12/h6-8H,4-5H2,1-3H3. The number of rotatable bonds is 1. The van der Waals surface area contributed by atoms with Crippen molar-refractivity contribution in [3.8, 4) is 0 Å². The first-order valence-electron chi connectivity index (χ1n) is 4.86. The van der Waals surface area contributed by atoms with Crippen LogP contribution in [0.2, 0.25) is 0 Å². The molecule has 2 aliphatic carbocycles. The Morgan fingerprint density at radius 1 is 1.15 bits per heavy atom. The first-order chi connectivity index (χ1) is 5.81. The van der Waals surface area contributed by atoms with E-state index in [0.29, 0.717) is 12.8 Å². The minimum absolute atomic E-state index is 0.0645. The molecule has 0 N–H and O–H groups in total. The lowest BCUT2D eigenvalue weighted by Crippen LogP contribution is -2.28. The molecule has 2 fully saturated rings. The van der Waals surface area contributed by atoms with Crippen LogP contribution < -0.4 is 0 Å². The van der Waals surface area contributed by atoms with Gasteiger partial charge in [0, 0.05) is 11.8 Å². The third-order valence-corrected chi connectivity index (χ3v) is 2.92. The van der Waals surface area contributed by atoms with Crippen molar-refractivity contribution in [2.45, 2.75) is 51.2 Å². The first-order valence-corrected chi connectivity index (χ1v) is 4.86. The molecule has 2 unspecified atom stereocenters. The van der Waals surface area contributed by atoms with E-state index in [1.54, 1.807) is 0 Å². The van der Waals surface area contributed by atoms with Crippen molar-refractivity contribution in [1.29, 1.82) is 0 Å². The van der Waals surface area contributed by atoms with Gasteiger partial charge < -0.3 is 4.74 Å². The molecule has 1 nitrogen and oxygen atoms in total. The second kappa shape index (κ2) is 2.44. The molecule has 2 saturated carbocycles. The number of fused-ring (bicyclic) bond motifs is 1. The first kappa shape index (κ1) is 9.38. The van der Waals surface area contributed by atoms with Gasteiger partial charge in [-0.05, 0) is 33.6 Å². The minimum Gasteiger partial charge on any atom is -0.373 e. The maximum Gasteiger partial charge on any atom is 0.254 e. The fraction of sp³-hybridized carbons (Fsp3) is 1.00. The Kier molecular flexibility index (Phi) is 1.76. The van der Waals surface area contributed by atoms with E-state index in [2.05, 4.69) is 0 Å². The van der Waals surface area contributed by atoms with Crippen LogP contribution in [-0.4, -0.2) is 17.6 Å². The molecular weight excluding hydrogens is 174 g/mol. The summed E-state index contributed by atoms with van der Waals surface area (Å²) < 4.78 is 31.2. The van der Waals surface area contributed by atoms with Gasteiger partial charge in [-0.25, -0.2) is 8.78 Å². The van der Waals surface area contributed by atoms with Gasteiger partial charge in [0.05, 0.1) is 11.7 Å². The summed E-state index contributed by atoms with van der Waals surface area (Å²) in [5.41, 5.74) is -0.198. The van der Waals surface area contributed by atoms with Crippen molar-refractivity contribution in [3.05, 3.63) is 0 Å². The van der Waals surface area contributed by atoms with E-state index >= 15 is 0 Å². The average molecular weight is 190 g/mol. The fourth-order valence-electron chi connectivity index (χ4n) is 2.36. The summed E-state index contributed by atoms with van der Waals surface area (Å²) in [5, 5.41) is 0. The van der Waals surface area contributed by atoms with Crippen LogP contribution >= 0.6 is 0 Å². The zero-order valence-corrected chi connectivity index (χ0v) is 8.31. The summed E-state index contributed by atoms with van der Waals surface area (Å²) >= 11 is 0. The van der Waals surface area contributed by atoms with Crippen LogP contribution in [0.5, 0.6) is 0 Å². The second-order valence-electron chi connectivity index (χ2n) is 5.21. The van der Waals surface area contributed by atoms with Gasteiger partial charge in [0.1, 0.15) is 0 Å². The third-order valence-electron chi connectivity index (χ3n) is 2.92. The van der Waals surface area contributed by atoms with Crippen LogP contribution in [-0.2, 0) is 4.74 Å². The molecule has 0 bridgehead atoms. The van der Waals surface area contributed by atoms with Crippen LogP contribution in [0.25, 0.3) is 0 Å². The van der Waals surface area contributed by atoms with E-state index in [-0.39, 0.29) is 23.5 Å². The molecule has 0 heterocycles. The lowest BCUT2D eigenvalue weighted by atomic mass is 10.1. The highest BCUT2D eigenvalue weighted by atomic mass is 19.3. The van der Waals surface area contributed by atoms with Crippen LogP contribution in [0.4, 0.5) is 8.78 Å². The molecule has 2 rings (SSSR count). The second-order valence-corrected chi connectivity index (χ2v) is 5.21. The Bertz CT molecular complexity index is 205. The van der Waals surface area contributed by atoms with Gasteiger partial charge in [-0.1, -0.05) is 0 Å². The van der Waals surface area contributed by atoms with Gasteiger partial charge in [0.2, 0.25) is 0 Å². The van der Waals surface area contributed by atoms with Gasteiger partial charge in [0.15, 0.2) is 0 Å². The zero-order chi connectivity index (χ0) is 9.85. The Labute approximate surface area is 77.5 Å². The highest BCUT2D eigenvalue weighted by Gasteiger charge is 2.71. The molecule has 76 valence electrons. The van der Waals surface area contributed by atoms with E-state index in [9.17, 15) is 8.78 Å². The number of alkyl halides is 2. The molecule has 0 amide bonds. The SMILES string of the molecule is CC(C)(C)OC1CC2C(C1)C2(F)F. The fourth-order valence-corrected chi connectivity index (χ4v) is 2.36. The van der Waals surface area contributed by atoms with Crippen molar-refractivity contribution in [2.24, 2.45) is 11.8 Å². The molecular formula is C10H16F2O. The lowest BCUT2D eigenvalue weighted by molar-refractivity contribution is -0.0754. The lowest BCUT2D eigenvalue weighted by Gasteiger charge is -2.26. The minimum atomic E-state index is -2.36. The molecule has 2 atom stereocenters. The van der Waals surface area contributed by atoms with Gasteiger partial charge >= 0.3 is 0 Å². The zero-order valence-electron chi connectivity index (χ0n) is 8.31. The average Bonchev–Trinajstić information content (AvgIpc) is 2.38. The quantitative estimate of drug-likeness (QED) is 0.617. The smallest absolute Gasteiger partial charge is 0.254 e. The molecule has 0 aromatic heterocycles. The monoisotopic (exact) mass is 190 g/mol. The Hall–Kier alpha value is -0.180. The topological polar surface area (TPSA) is 9.23 Å². The largest absolute Gasteiger partial charge is 0.373 e. The Balaban J connectivity index is 1.85. The number of ether oxygens (including phenoxy) is 1. The number of halogens is 2. The summed E-state index contributed by atoms with van der Waals surface area (Å²) in [6.45, 7) is 5.90. The van der Waals surface area contributed by atoms with E-state index in [1.807, 2.05) is 20.8 Å². The van der Waals surface area contributed by atoms with Crippen molar-refractivity contribution in [1.82, 2.24) is 0 Å². The summed E-state index contributed by atoms with van der Waals surface area (Å²) in [4.78, 5) is 0. The van der Waals surface area contributed by atoms with Gasteiger partial charge in [-0.3, -0.25) is 0 Å². The number of hydrogen-bond acceptors (Lipinski definition) is 1. The molecule has 0 aromatic rings. The molecule has 0 spiro atoms. The third kappa shape index (κ3) is 1.58. The highest BCUT2D eigenvalue weighted by Crippen LogP contribution is 2.64. The summed E-state index contributed by atoms with van der Waals surface area (Å²) in [7, 11) is 0. The van der Waals surface area contributed by atoms with Crippen LogP contribution in [0, 0.1) is 11.8 Å². The predicted molar refractivity (Wildman–Crippen MR) is 45.8 cm³/mol. The van der Waals surface area contributed by atoms with E-state index in [4.69, 9.17) is 4.74 Å². The predicted octanol–water partition coefficient (Wildman–Crippen LogP) is 2.85. The normalized spacial score (nSPS) is 41.8. The summed E-state index contributed by atoms with van der Waals surface area (Å²) in [5.74, 6) is -3.11. The van der Waals surface area contributed by atoms with Gasteiger partial charge in [-0.2, -0.15) is 0 Å². The molecule has 3 heteroatoms. The summed E-state index contributed by atoms with van der Waals surface area (Å²) in [6, 6.07) is 0. The molecule has 13 heavy (non-hydrogen) atoms. The Morgan fingerprint density at radius 2 is 1.62 bits per heavy atom. The van der Waals surface area contributed by atoms with Gasteiger partial charge in [0.25, 0.3) is 5.92 Å². The van der Waals surface area contributed by atoms with Crippen molar-refractivity contribution in [3.63, 3.8) is 0 Å². The molecule has 0 saturated heterocycles. The van der Waals surface area contributed by atoms with E-state index < -0.39 is 5.92 Å². The van der Waals surface area contributed by atoms with Crippen molar-refractivity contribution < 1.29 is 13.5 Å². The van der Waals surface area contributed by atoms with Crippen molar-refractivity contribution in [2.75, 3.05) is 0 Å². The highest BCUT2D eigenvalue weighted by molar-refractivity contribution is 5.11. The van der Waals surface area contributed by atoms with Crippen LogP contribution in [0.3, 0.4) is 0 Å². The van der Waals surface area contributed by atoms with Crippen molar-refractivity contribution >= 4 is 0 Å². The summed E-state index contributed by atoms with van der Waals surface area (Å²) in [6.07, 6.45) is 1.17. The number of hydrogen-bond donors (Lipinski definition) is 0. The maximum atomic E-state index is 12.8. The Morgan fingerprint density at radius 3 is 2.00 bits per heavy atom. The molecule has 0 radical (unpaired) electrons. The van der Waals surface area contributed by atoms with E-state index in [1.165, 1.54) is 0 Å². The molecule has 0 aliphatic heterocycles. The molecule has 0 aromatic carbocycles. The van der Waals surface area contributed by atoms with Crippen LogP contribution in [0.1, 0.15) is 33.6 Å².